The highest BCUT2D eigenvalue weighted by Crippen LogP contribution is 2.39. The summed E-state index contributed by atoms with van der Waals surface area (Å²) in [5.74, 6) is 0.895. The fourth-order valence-electron chi connectivity index (χ4n) is 2.64. The Labute approximate surface area is 133 Å². The van der Waals surface area contributed by atoms with E-state index in [0.29, 0.717) is 29.2 Å². The van der Waals surface area contributed by atoms with E-state index in [0.717, 1.165) is 11.1 Å². The number of aliphatic hydroxyl groups is 1. The lowest BCUT2D eigenvalue weighted by Gasteiger charge is -2.22. The van der Waals surface area contributed by atoms with Crippen molar-refractivity contribution in [2.45, 2.75) is 6.29 Å². The third kappa shape index (κ3) is 2.93. The molecule has 0 bridgehead atoms. The van der Waals surface area contributed by atoms with Crippen LogP contribution in [-0.4, -0.2) is 25.9 Å². The molecule has 0 amide bonds. The molecule has 0 saturated heterocycles. The van der Waals surface area contributed by atoms with Crippen LogP contribution in [0, 0.1) is 5.82 Å². The Kier molecular flexibility index (Phi) is 4.32. The van der Waals surface area contributed by atoms with Gasteiger partial charge in [-0.2, -0.15) is 0 Å². The average molecular weight is 316 g/mol. The summed E-state index contributed by atoms with van der Waals surface area (Å²) in [7, 11) is 2.97. The van der Waals surface area contributed by atoms with Crippen LogP contribution in [0.25, 0.3) is 5.57 Å². The van der Waals surface area contributed by atoms with Crippen molar-refractivity contribution in [2.75, 3.05) is 20.8 Å². The maximum Gasteiger partial charge on any atom is 0.180 e. The van der Waals surface area contributed by atoms with Crippen LogP contribution in [-0.2, 0) is 4.74 Å². The van der Waals surface area contributed by atoms with Gasteiger partial charge in [-0.3, -0.25) is 0 Å². The van der Waals surface area contributed by atoms with Crippen LogP contribution in [0.1, 0.15) is 23.0 Å². The van der Waals surface area contributed by atoms with Crippen LogP contribution in [0.4, 0.5) is 4.39 Å². The molecule has 0 fully saturated rings. The third-order valence-corrected chi connectivity index (χ3v) is 3.78. The van der Waals surface area contributed by atoms with Crippen LogP contribution in [0.3, 0.4) is 0 Å². The van der Waals surface area contributed by atoms with E-state index in [1.807, 2.05) is 6.08 Å². The molecule has 0 aliphatic carbocycles. The summed E-state index contributed by atoms with van der Waals surface area (Å²) in [5, 5.41) is 9.87. The highest BCUT2D eigenvalue weighted by molar-refractivity contribution is 5.86. The molecule has 120 valence electrons. The number of methoxy groups -OCH3 is 2. The summed E-state index contributed by atoms with van der Waals surface area (Å²) >= 11 is 0. The van der Waals surface area contributed by atoms with Crippen LogP contribution >= 0.6 is 0 Å². The molecular formula is C18H17FO4. The van der Waals surface area contributed by atoms with Crippen LogP contribution in [0.2, 0.25) is 0 Å². The summed E-state index contributed by atoms with van der Waals surface area (Å²) in [4.78, 5) is 0. The molecule has 2 aromatic carbocycles. The van der Waals surface area contributed by atoms with Gasteiger partial charge in [-0.25, -0.2) is 4.39 Å². The second kappa shape index (κ2) is 6.40. The zero-order chi connectivity index (χ0) is 16.4. The lowest BCUT2D eigenvalue weighted by atomic mass is 9.93. The van der Waals surface area contributed by atoms with Crippen molar-refractivity contribution in [3.63, 3.8) is 0 Å². The first kappa shape index (κ1) is 15.5. The molecule has 0 aromatic heterocycles. The molecular weight excluding hydrogens is 299 g/mol. The van der Waals surface area contributed by atoms with Crippen LogP contribution < -0.4 is 9.47 Å². The van der Waals surface area contributed by atoms with Gasteiger partial charge in [0.15, 0.2) is 6.29 Å². The fourth-order valence-corrected chi connectivity index (χ4v) is 2.64. The Morgan fingerprint density at radius 3 is 2.70 bits per heavy atom. The maximum atomic E-state index is 13.7. The summed E-state index contributed by atoms with van der Waals surface area (Å²) < 4.78 is 29.6. The quantitative estimate of drug-likeness (QED) is 0.879. The number of fused-ring (bicyclic) bond motifs is 1. The van der Waals surface area contributed by atoms with E-state index in [1.165, 1.54) is 19.2 Å². The number of hydrogen-bond acceptors (Lipinski definition) is 4. The summed E-state index contributed by atoms with van der Waals surface area (Å²) in [6.45, 7) is 0.383. The van der Waals surface area contributed by atoms with Crippen LogP contribution in [0.15, 0.2) is 42.5 Å². The fraction of sp³-hybridized carbons (Fsp3) is 0.222. The molecule has 0 spiro atoms. The van der Waals surface area contributed by atoms with Gasteiger partial charge in [0.2, 0.25) is 0 Å². The summed E-state index contributed by atoms with van der Waals surface area (Å²) in [6.07, 6.45) is 0.834. The molecule has 0 radical (unpaired) electrons. The first-order valence-corrected chi connectivity index (χ1v) is 7.16. The van der Waals surface area contributed by atoms with Crippen molar-refractivity contribution in [1.82, 2.24) is 0 Å². The van der Waals surface area contributed by atoms with Gasteiger partial charge >= 0.3 is 0 Å². The number of rotatable bonds is 4. The molecule has 1 aliphatic heterocycles. The zero-order valence-electron chi connectivity index (χ0n) is 12.9. The average Bonchev–Trinajstić information content (AvgIpc) is 2.60. The Balaban J connectivity index is 2.13. The van der Waals surface area contributed by atoms with Gasteiger partial charge in [-0.05, 0) is 42.0 Å². The van der Waals surface area contributed by atoms with Crippen molar-refractivity contribution in [3.05, 3.63) is 65.0 Å². The largest absolute Gasteiger partial charge is 0.496 e. The molecule has 23 heavy (non-hydrogen) atoms. The smallest absolute Gasteiger partial charge is 0.180 e. The van der Waals surface area contributed by atoms with E-state index in [-0.39, 0.29) is 5.82 Å². The number of ether oxygens (including phenoxy) is 3. The SMILES string of the molecule is COc1ccc(F)cc1C1=CCOc2ccc(C(O)OC)cc21. The first-order chi connectivity index (χ1) is 11.1. The normalized spacial score (nSPS) is 14.5. The monoisotopic (exact) mass is 316 g/mol. The Hall–Kier alpha value is -2.37. The van der Waals surface area contributed by atoms with E-state index in [9.17, 15) is 9.50 Å². The van der Waals surface area contributed by atoms with Gasteiger partial charge in [0.1, 0.15) is 23.9 Å². The standard InChI is InChI=1S/C18H17FO4/c1-21-16-6-4-12(19)10-15(16)13-7-8-23-17-5-3-11(9-14(13)17)18(20)22-2/h3-7,9-10,18,20H,8H2,1-2H3. The lowest BCUT2D eigenvalue weighted by Crippen LogP contribution is -2.08. The maximum absolute atomic E-state index is 13.7. The predicted molar refractivity (Wildman–Crippen MR) is 83.9 cm³/mol. The minimum atomic E-state index is -1.03. The van der Waals surface area contributed by atoms with E-state index in [2.05, 4.69) is 0 Å². The van der Waals surface area contributed by atoms with Gasteiger partial charge in [-0.1, -0.05) is 6.07 Å². The molecule has 1 atom stereocenters. The Morgan fingerprint density at radius 2 is 1.96 bits per heavy atom. The van der Waals surface area contributed by atoms with Gasteiger partial charge < -0.3 is 19.3 Å². The molecule has 4 nitrogen and oxygen atoms in total. The van der Waals surface area contributed by atoms with E-state index in [1.54, 1.807) is 31.4 Å². The molecule has 2 aromatic rings. The van der Waals surface area contributed by atoms with Gasteiger partial charge in [-0.15, -0.1) is 0 Å². The molecule has 1 heterocycles. The third-order valence-electron chi connectivity index (χ3n) is 3.78. The summed E-state index contributed by atoms with van der Waals surface area (Å²) in [6, 6.07) is 9.66. The summed E-state index contributed by atoms with van der Waals surface area (Å²) in [5.41, 5.74) is 2.79. The predicted octanol–water partition coefficient (Wildman–Crippen LogP) is 3.30. The molecule has 1 aliphatic rings. The number of benzene rings is 2. The highest BCUT2D eigenvalue weighted by atomic mass is 19.1. The van der Waals surface area contributed by atoms with Gasteiger partial charge in [0, 0.05) is 23.8 Å². The molecule has 1 unspecified atom stereocenters. The molecule has 5 heteroatoms. The van der Waals surface area contributed by atoms with E-state index < -0.39 is 6.29 Å². The molecule has 0 saturated carbocycles. The Morgan fingerprint density at radius 1 is 1.13 bits per heavy atom. The van der Waals surface area contributed by atoms with Crippen molar-refractivity contribution >= 4 is 5.57 Å². The second-order valence-corrected chi connectivity index (χ2v) is 5.12. The number of hydrogen-bond donors (Lipinski definition) is 1. The van der Waals surface area contributed by atoms with Gasteiger partial charge in [0.25, 0.3) is 0 Å². The van der Waals surface area contributed by atoms with E-state index >= 15 is 0 Å². The van der Waals surface area contributed by atoms with Gasteiger partial charge in [0.05, 0.1) is 7.11 Å². The van der Waals surface area contributed by atoms with E-state index in [4.69, 9.17) is 14.2 Å². The topological polar surface area (TPSA) is 47.9 Å². The Bertz CT molecular complexity index is 755. The molecule has 3 rings (SSSR count). The van der Waals surface area contributed by atoms with Crippen molar-refractivity contribution in [1.29, 1.82) is 0 Å². The highest BCUT2D eigenvalue weighted by Gasteiger charge is 2.20. The molecule has 1 N–H and O–H groups in total. The zero-order valence-corrected chi connectivity index (χ0v) is 12.9. The second-order valence-electron chi connectivity index (χ2n) is 5.12. The van der Waals surface area contributed by atoms with Crippen molar-refractivity contribution in [3.8, 4) is 11.5 Å². The minimum Gasteiger partial charge on any atom is -0.496 e. The first-order valence-electron chi connectivity index (χ1n) is 7.16. The van der Waals surface area contributed by atoms with Crippen LogP contribution in [0.5, 0.6) is 11.5 Å². The van der Waals surface area contributed by atoms with Crippen molar-refractivity contribution in [2.24, 2.45) is 0 Å². The lowest BCUT2D eigenvalue weighted by molar-refractivity contribution is -0.0769. The van der Waals surface area contributed by atoms with Crippen molar-refractivity contribution < 1.29 is 23.7 Å². The minimum absolute atomic E-state index is 0.345. The number of aliphatic hydroxyl groups excluding tert-OH is 1. The number of halogens is 1.